The Morgan fingerprint density at radius 3 is 2.65 bits per heavy atom. The fourth-order valence-electron chi connectivity index (χ4n) is 3.38. The summed E-state index contributed by atoms with van der Waals surface area (Å²) in [6.45, 7) is 2.86. The molecule has 1 aliphatic rings. The molecule has 0 spiro atoms. The molecule has 178 valence electrons. The molecule has 3 heterocycles. The largest absolute Gasteiger partial charge is 0.506 e. The zero-order chi connectivity index (χ0) is 24.2. The Morgan fingerprint density at radius 1 is 1.18 bits per heavy atom. The highest BCUT2D eigenvalue weighted by Crippen LogP contribution is 2.40. The highest BCUT2D eigenvalue weighted by atomic mass is 35.5. The third-order valence-electron chi connectivity index (χ3n) is 5.23. The Morgan fingerprint density at radius 2 is 1.94 bits per heavy atom. The number of carbonyl (C=O) groups is 2. The first-order valence-electron chi connectivity index (χ1n) is 10.4. The summed E-state index contributed by atoms with van der Waals surface area (Å²) >= 11 is 14.5. The average Bonchev–Trinajstić information content (AvgIpc) is 3.58. The maximum atomic E-state index is 12.5. The van der Waals surface area contributed by atoms with Crippen LogP contribution in [-0.2, 0) is 4.74 Å². The maximum Gasteiger partial charge on any atom is 0.281 e. The van der Waals surface area contributed by atoms with Gasteiger partial charge in [-0.05, 0) is 49.6 Å². The monoisotopic (exact) mass is 537 g/mol. The molecule has 3 aromatic rings. The first-order valence-corrected chi connectivity index (χ1v) is 12.9. The first kappa shape index (κ1) is 24.7. The van der Waals surface area contributed by atoms with E-state index >= 15 is 0 Å². The molecule has 1 aliphatic heterocycles. The minimum Gasteiger partial charge on any atom is -0.506 e. The molecular weight excluding hydrogens is 517 g/mol. The number of hydrogen-bond acceptors (Lipinski definition) is 7. The van der Waals surface area contributed by atoms with Crippen molar-refractivity contribution in [3.8, 4) is 16.2 Å². The zero-order valence-corrected chi connectivity index (χ0v) is 21.2. The van der Waals surface area contributed by atoms with Gasteiger partial charge in [0.15, 0.2) is 0 Å². The summed E-state index contributed by atoms with van der Waals surface area (Å²) in [4.78, 5) is 26.2. The van der Waals surface area contributed by atoms with E-state index < -0.39 is 5.91 Å². The lowest BCUT2D eigenvalue weighted by atomic mass is 10.1. The number of carbonyl (C=O) groups excluding carboxylic acids is 2. The van der Waals surface area contributed by atoms with Gasteiger partial charge >= 0.3 is 0 Å². The van der Waals surface area contributed by atoms with Gasteiger partial charge in [-0.1, -0.05) is 29.3 Å². The summed E-state index contributed by atoms with van der Waals surface area (Å²) in [6.07, 6.45) is 1.99. The lowest BCUT2D eigenvalue weighted by Gasteiger charge is -2.09. The molecule has 1 unspecified atom stereocenters. The van der Waals surface area contributed by atoms with E-state index in [1.165, 1.54) is 11.3 Å². The van der Waals surface area contributed by atoms with Crippen molar-refractivity contribution in [2.75, 3.05) is 13.2 Å². The second-order valence-corrected chi connectivity index (χ2v) is 10.4. The minimum atomic E-state index is -0.443. The summed E-state index contributed by atoms with van der Waals surface area (Å²) in [5.41, 5.74) is 4.13. The predicted molar refractivity (Wildman–Crippen MR) is 137 cm³/mol. The number of thiophene rings is 2. The van der Waals surface area contributed by atoms with Gasteiger partial charge in [-0.3, -0.25) is 9.59 Å². The second-order valence-electron chi connectivity index (χ2n) is 7.60. The number of hydrazone groups is 1. The molecule has 1 fully saturated rings. The SMILES string of the molecule is C/C(=N/NC(=O)c1ccc(C(=O)NCC2CCCO2)s1)c1csc(-c2ccc(Cl)c(Cl)c2)c1O. The van der Waals surface area contributed by atoms with Crippen LogP contribution in [0.4, 0.5) is 0 Å². The molecule has 0 aliphatic carbocycles. The molecule has 2 aromatic heterocycles. The van der Waals surface area contributed by atoms with Gasteiger partial charge in [0.05, 0.1) is 42.1 Å². The maximum absolute atomic E-state index is 12.5. The van der Waals surface area contributed by atoms with Crippen molar-refractivity contribution in [2.45, 2.75) is 25.9 Å². The van der Waals surface area contributed by atoms with Crippen LogP contribution in [0.5, 0.6) is 5.75 Å². The molecule has 0 bridgehead atoms. The van der Waals surface area contributed by atoms with Gasteiger partial charge in [0, 0.05) is 18.5 Å². The van der Waals surface area contributed by atoms with Gasteiger partial charge in [-0.25, -0.2) is 5.43 Å². The van der Waals surface area contributed by atoms with Crippen LogP contribution in [0.3, 0.4) is 0 Å². The normalized spacial score (nSPS) is 16.0. The van der Waals surface area contributed by atoms with Crippen molar-refractivity contribution in [3.63, 3.8) is 0 Å². The molecule has 4 rings (SSSR count). The molecule has 0 radical (unpaired) electrons. The van der Waals surface area contributed by atoms with Crippen LogP contribution in [-0.4, -0.2) is 41.9 Å². The molecule has 3 N–H and O–H groups in total. The third-order valence-corrected chi connectivity index (χ3v) is 8.07. The van der Waals surface area contributed by atoms with E-state index in [9.17, 15) is 14.7 Å². The smallest absolute Gasteiger partial charge is 0.281 e. The Bertz CT molecular complexity index is 1250. The summed E-state index contributed by atoms with van der Waals surface area (Å²) in [5.74, 6) is -0.639. The van der Waals surface area contributed by atoms with Crippen molar-refractivity contribution in [1.29, 1.82) is 0 Å². The standard InChI is InChI=1S/C23H21Cl2N3O4S2/c1-12(15-11-33-21(20(15)29)13-4-5-16(24)17(25)9-13)27-28-23(31)19-7-6-18(34-19)22(30)26-10-14-3-2-8-32-14/h4-7,9,11,14,29H,2-3,8,10H2,1H3,(H,26,30)(H,28,31)/b27-12-. The molecule has 0 saturated carbocycles. The Kier molecular flexibility index (Phi) is 7.90. The number of ether oxygens (including phenoxy) is 1. The van der Waals surface area contributed by atoms with Crippen LogP contribution >= 0.6 is 45.9 Å². The van der Waals surface area contributed by atoms with E-state index in [-0.39, 0.29) is 17.8 Å². The summed E-state index contributed by atoms with van der Waals surface area (Å²) in [6, 6.07) is 8.30. The van der Waals surface area contributed by atoms with Gasteiger partial charge in [0.1, 0.15) is 5.75 Å². The quantitative estimate of drug-likeness (QED) is 0.271. The van der Waals surface area contributed by atoms with Crippen LogP contribution in [0.15, 0.2) is 40.8 Å². The molecular formula is C23H21Cl2N3O4S2. The van der Waals surface area contributed by atoms with Gasteiger partial charge in [0.25, 0.3) is 11.8 Å². The number of nitrogens with zero attached hydrogens (tertiary/aromatic N) is 1. The predicted octanol–water partition coefficient (Wildman–Crippen LogP) is 5.55. The number of amides is 2. The van der Waals surface area contributed by atoms with Crippen molar-refractivity contribution < 1.29 is 19.4 Å². The van der Waals surface area contributed by atoms with E-state index in [1.54, 1.807) is 42.6 Å². The number of benzene rings is 1. The van der Waals surface area contributed by atoms with Crippen LogP contribution in [0.25, 0.3) is 10.4 Å². The lowest BCUT2D eigenvalue weighted by molar-refractivity contribution is 0.0861. The molecule has 2 amide bonds. The molecule has 11 heteroatoms. The summed E-state index contributed by atoms with van der Waals surface area (Å²) < 4.78 is 5.50. The van der Waals surface area contributed by atoms with Crippen molar-refractivity contribution in [2.24, 2.45) is 5.10 Å². The summed E-state index contributed by atoms with van der Waals surface area (Å²) in [7, 11) is 0. The number of halogens is 2. The second kappa shape index (κ2) is 10.9. The fraction of sp³-hybridized carbons (Fsp3) is 0.261. The third kappa shape index (κ3) is 5.61. The van der Waals surface area contributed by atoms with E-state index in [1.807, 2.05) is 0 Å². The van der Waals surface area contributed by atoms with Crippen LogP contribution in [0.1, 0.15) is 44.7 Å². The Labute approximate surface area is 214 Å². The van der Waals surface area contributed by atoms with Crippen molar-refractivity contribution in [3.05, 3.63) is 61.1 Å². The van der Waals surface area contributed by atoms with Gasteiger partial charge in [-0.2, -0.15) is 5.10 Å². The molecule has 1 atom stereocenters. The molecule has 1 saturated heterocycles. The number of nitrogens with one attached hydrogen (secondary N) is 2. The minimum absolute atomic E-state index is 0.0419. The van der Waals surface area contributed by atoms with Crippen LogP contribution < -0.4 is 10.7 Å². The molecule has 1 aromatic carbocycles. The number of hydrogen-bond donors (Lipinski definition) is 3. The Hall–Kier alpha value is -2.43. The fourth-order valence-corrected chi connectivity index (χ4v) is 5.49. The van der Waals surface area contributed by atoms with Crippen molar-refractivity contribution in [1.82, 2.24) is 10.7 Å². The van der Waals surface area contributed by atoms with E-state index in [0.29, 0.717) is 42.5 Å². The van der Waals surface area contributed by atoms with Gasteiger partial charge in [0.2, 0.25) is 0 Å². The van der Waals surface area contributed by atoms with E-state index in [4.69, 9.17) is 27.9 Å². The van der Waals surface area contributed by atoms with E-state index in [0.717, 1.165) is 36.3 Å². The highest BCUT2D eigenvalue weighted by molar-refractivity contribution is 7.16. The van der Waals surface area contributed by atoms with Gasteiger partial charge < -0.3 is 15.2 Å². The Balaban J connectivity index is 1.39. The highest BCUT2D eigenvalue weighted by Gasteiger charge is 2.19. The number of aromatic hydroxyl groups is 1. The first-order chi connectivity index (χ1) is 16.3. The van der Waals surface area contributed by atoms with Crippen molar-refractivity contribution >= 4 is 63.4 Å². The topological polar surface area (TPSA) is 100 Å². The van der Waals surface area contributed by atoms with Gasteiger partial charge in [-0.15, -0.1) is 22.7 Å². The molecule has 7 nitrogen and oxygen atoms in total. The zero-order valence-electron chi connectivity index (χ0n) is 18.1. The van der Waals surface area contributed by atoms with Crippen LogP contribution in [0, 0.1) is 0 Å². The van der Waals surface area contributed by atoms with E-state index in [2.05, 4.69) is 15.8 Å². The van der Waals surface area contributed by atoms with Crippen LogP contribution in [0.2, 0.25) is 10.0 Å². The summed E-state index contributed by atoms with van der Waals surface area (Å²) in [5, 5.41) is 20.2. The lowest BCUT2D eigenvalue weighted by Crippen LogP contribution is -2.31. The number of rotatable bonds is 7. The molecule has 34 heavy (non-hydrogen) atoms. The average molecular weight is 538 g/mol.